The normalized spacial score (nSPS) is 14.8. The molecule has 0 spiro atoms. The summed E-state index contributed by atoms with van der Waals surface area (Å²) >= 11 is 0. The van der Waals surface area contributed by atoms with Crippen molar-refractivity contribution in [1.82, 2.24) is 4.98 Å². The predicted molar refractivity (Wildman–Crippen MR) is 69.0 cm³/mol. The van der Waals surface area contributed by atoms with Crippen LogP contribution in [0.4, 0.5) is 17.6 Å². The van der Waals surface area contributed by atoms with Crippen molar-refractivity contribution in [2.24, 2.45) is 0 Å². The van der Waals surface area contributed by atoms with Crippen LogP contribution in [0.5, 0.6) is 0 Å². The third-order valence-corrected chi connectivity index (χ3v) is 3.30. The highest BCUT2D eigenvalue weighted by atomic mass is 19.4. The van der Waals surface area contributed by atoms with Gasteiger partial charge in [0.25, 0.3) is 0 Å². The van der Waals surface area contributed by atoms with Crippen LogP contribution in [0.3, 0.4) is 0 Å². The van der Waals surface area contributed by atoms with Gasteiger partial charge >= 0.3 is 6.18 Å². The first-order valence-electron chi connectivity index (χ1n) is 6.15. The number of rotatable bonds is 2. The van der Waals surface area contributed by atoms with E-state index in [9.17, 15) is 22.7 Å². The van der Waals surface area contributed by atoms with Crippen molar-refractivity contribution in [1.29, 1.82) is 0 Å². The number of hydrogen-bond donors (Lipinski definition) is 1. The minimum atomic E-state index is -4.44. The van der Waals surface area contributed by atoms with Crippen LogP contribution < -0.4 is 0 Å². The van der Waals surface area contributed by atoms with Gasteiger partial charge in [-0.3, -0.25) is 4.98 Å². The molecule has 1 heterocycles. The smallest absolute Gasteiger partial charge is 0.379 e. The number of aliphatic hydroxyl groups is 1. The summed E-state index contributed by atoms with van der Waals surface area (Å²) in [7, 11) is 0. The molecule has 2 aromatic rings. The van der Waals surface area contributed by atoms with Gasteiger partial charge in [-0.05, 0) is 49.2 Å². The Morgan fingerprint density at radius 3 is 2.24 bits per heavy atom. The number of hydrogen-bond acceptors (Lipinski definition) is 2. The van der Waals surface area contributed by atoms with Gasteiger partial charge in [-0.15, -0.1) is 0 Å². The Hall–Kier alpha value is -1.95. The molecule has 0 amide bonds. The fourth-order valence-corrected chi connectivity index (χ4v) is 2.19. The second kappa shape index (κ2) is 5.11. The van der Waals surface area contributed by atoms with Gasteiger partial charge in [0, 0.05) is 0 Å². The van der Waals surface area contributed by atoms with Gasteiger partial charge in [0.2, 0.25) is 0 Å². The van der Waals surface area contributed by atoms with Crippen LogP contribution in [-0.4, -0.2) is 10.1 Å². The van der Waals surface area contributed by atoms with Gasteiger partial charge in [-0.2, -0.15) is 13.2 Å². The third-order valence-electron chi connectivity index (χ3n) is 3.30. The second-order valence-electron chi connectivity index (χ2n) is 4.96. The molecular weight excluding hydrogens is 286 g/mol. The summed E-state index contributed by atoms with van der Waals surface area (Å²) in [5.41, 5.74) is -1.67. The largest absolute Gasteiger partial charge is 0.416 e. The number of aryl methyl sites for hydroxylation is 1. The summed E-state index contributed by atoms with van der Waals surface area (Å²) in [6, 6.07) is 5.51. The summed E-state index contributed by atoms with van der Waals surface area (Å²) in [5, 5.41) is 10.6. The Kier molecular flexibility index (Phi) is 3.76. The van der Waals surface area contributed by atoms with Crippen LogP contribution >= 0.6 is 0 Å². The lowest BCUT2D eigenvalue weighted by atomic mass is 9.88. The molecule has 21 heavy (non-hydrogen) atoms. The van der Waals surface area contributed by atoms with E-state index in [1.54, 1.807) is 0 Å². The average Bonchev–Trinajstić information content (AvgIpc) is 2.37. The molecule has 112 valence electrons. The molecule has 0 radical (unpaired) electrons. The van der Waals surface area contributed by atoms with E-state index in [4.69, 9.17) is 0 Å². The van der Waals surface area contributed by atoms with Gasteiger partial charge in [0.15, 0.2) is 0 Å². The number of aromatic nitrogens is 1. The fraction of sp³-hybridized carbons (Fsp3) is 0.267. The highest BCUT2D eigenvalue weighted by molar-refractivity contribution is 5.40. The Morgan fingerprint density at radius 2 is 1.76 bits per heavy atom. The van der Waals surface area contributed by atoms with Gasteiger partial charge in [-0.25, -0.2) is 4.39 Å². The van der Waals surface area contributed by atoms with Crippen LogP contribution in [0.1, 0.15) is 29.3 Å². The zero-order valence-electron chi connectivity index (χ0n) is 11.4. The number of nitrogens with zero attached hydrogens (tertiary/aromatic N) is 1. The summed E-state index contributed by atoms with van der Waals surface area (Å²) in [6.07, 6.45) is -3.49. The van der Waals surface area contributed by atoms with Crippen LogP contribution in [0.2, 0.25) is 0 Å². The van der Waals surface area contributed by atoms with E-state index in [1.807, 2.05) is 0 Å². The Morgan fingerprint density at radius 1 is 1.10 bits per heavy atom. The number of benzene rings is 1. The average molecular weight is 299 g/mol. The second-order valence-corrected chi connectivity index (χ2v) is 4.96. The maximum absolute atomic E-state index is 12.9. The molecule has 1 aromatic carbocycles. The molecule has 1 atom stereocenters. The van der Waals surface area contributed by atoms with Gasteiger partial charge in [-0.1, -0.05) is 6.07 Å². The molecular formula is C15H13F4NO. The minimum Gasteiger partial charge on any atom is -0.379 e. The zero-order chi connectivity index (χ0) is 15.8. The predicted octanol–water partition coefficient (Wildman–Crippen LogP) is 3.80. The topological polar surface area (TPSA) is 33.1 Å². The molecule has 0 aliphatic rings. The van der Waals surface area contributed by atoms with Crippen LogP contribution in [0, 0.1) is 12.7 Å². The quantitative estimate of drug-likeness (QED) is 0.856. The van der Waals surface area contributed by atoms with Crippen molar-refractivity contribution in [3.05, 3.63) is 64.7 Å². The summed E-state index contributed by atoms with van der Waals surface area (Å²) < 4.78 is 50.8. The maximum atomic E-state index is 12.9. The molecule has 0 aliphatic carbocycles. The highest BCUT2D eigenvalue weighted by Gasteiger charge is 2.33. The molecule has 0 saturated carbocycles. The van der Waals surface area contributed by atoms with Crippen molar-refractivity contribution in [2.75, 3.05) is 0 Å². The van der Waals surface area contributed by atoms with Crippen molar-refractivity contribution < 1.29 is 22.7 Å². The molecule has 6 heteroatoms. The van der Waals surface area contributed by atoms with Gasteiger partial charge in [0.1, 0.15) is 11.4 Å². The number of alkyl halides is 3. The van der Waals surface area contributed by atoms with Crippen molar-refractivity contribution in [3.8, 4) is 0 Å². The minimum absolute atomic E-state index is 0.159. The van der Waals surface area contributed by atoms with Crippen molar-refractivity contribution in [2.45, 2.75) is 25.6 Å². The zero-order valence-corrected chi connectivity index (χ0v) is 11.4. The first kappa shape index (κ1) is 15.4. The van der Waals surface area contributed by atoms with Gasteiger partial charge < -0.3 is 5.11 Å². The molecule has 2 rings (SSSR count). The molecule has 1 aromatic heterocycles. The maximum Gasteiger partial charge on any atom is 0.416 e. The molecule has 2 nitrogen and oxygen atoms in total. The summed E-state index contributed by atoms with van der Waals surface area (Å²) in [4.78, 5) is 3.79. The molecule has 0 saturated heterocycles. The first-order valence-corrected chi connectivity index (χ1v) is 6.15. The Balaban J connectivity index is 2.47. The lowest BCUT2D eigenvalue weighted by Gasteiger charge is -2.25. The van der Waals surface area contributed by atoms with Crippen LogP contribution in [0.25, 0.3) is 0 Å². The molecule has 0 aliphatic heterocycles. The van der Waals surface area contributed by atoms with E-state index < -0.39 is 23.2 Å². The molecule has 0 bridgehead atoms. The van der Waals surface area contributed by atoms with E-state index in [-0.39, 0.29) is 16.8 Å². The SMILES string of the molecule is Cc1cc(C(F)(F)F)ccc1C(C)(O)c1ccc(F)cn1. The van der Waals surface area contributed by atoms with E-state index in [0.29, 0.717) is 0 Å². The van der Waals surface area contributed by atoms with E-state index in [0.717, 1.165) is 24.4 Å². The number of halogens is 4. The molecule has 1 unspecified atom stereocenters. The molecule has 1 N–H and O–H groups in total. The van der Waals surface area contributed by atoms with Crippen molar-refractivity contribution >= 4 is 0 Å². The Labute approximate surface area is 119 Å². The highest BCUT2D eigenvalue weighted by Crippen LogP contribution is 2.35. The summed E-state index contributed by atoms with van der Waals surface area (Å²) in [5.74, 6) is -0.557. The standard InChI is InChI=1S/C15H13F4NO/c1-9-7-10(15(17,18)19)3-5-12(9)14(2,21)13-6-4-11(16)8-20-13/h3-8,21H,1-2H3. The summed E-state index contributed by atoms with van der Waals surface area (Å²) in [6.45, 7) is 2.88. The lowest BCUT2D eigenvalue weighted by molar-refractivity contribution is -0.137. The third kappa shape index (κ3) is 3.05. The van der Waals surface area contributed by atoms with Crippen LogP contribution in [0.15, 0.2) is 36.5 Å². The monoisotopic (exact) mass is 299 g/mol. The van der Waals surface area contributed by atoms with Crippen molar-refractivity contribution in [3.63, 3.8) is 0 Å². The Bertz CT molecular complexity index is 648. The number of pyridine rings is 1. The van der Waals surface area contributed by atoms with Gasteiger partial charge in [0.05, 0.1) is 17.5 Å². The first-order chi connectivity index (χ1) is 9.62. The fourth-order valence-electron chi connectivity index (χ4n) is 2.19. The molecule has 0 fully saturated rings. The van der Waals surface area contributed by atoms with E-state index in [1.165, 1.54) is 26.0 Å². The lowest BCUT2D eigenvalue weighted by Crippen LogP contribution is -2.25. The van der Waals surface area contributed by atoms with E-state index in [2.05, 4.69) is 4.98 Å². The van der Waals surface area contributed by atoms with E-state index >= 15 is 0 Å². The van der Waals surface area contributed by atoms with Crippen LogP contribution in [-0.2, 0) is 11.8 Å².